The lowest BCUT2D eigenvalue weighted by Gasteiger charge is -2.30. The Hall–Kier alpha value is -3.06. The highest BCUT2D eigenvalue weighted by atomic mass is 16.5. The lowest BCUT2D eigenvalue weighted by molar-refractivity contribution is -0.130. The molecular weight excluding hydrogens is 514 g/mol. The molecule has 0 unspecified atom stereocenters. The highest BCUT2D eigenvalue weighted by Gasteiger charge is 2.33. The molecular formula is C34H53N3O4. The van der Waals surface area contributed by atoms with Gasteiger partial charge in [-0.2, -0.15) is 0 Å². The third kappa shape index (κ3) is 11.4. The van der Waals surface area contributed by atoms with Crippen molar-refractivity contribution in [1.82, 2.24) is 14.7 Å². The third-order valence-corrected chi connectivity index (χ3v) is 7.33. The van der Waals surface area contributed by atoms with E-state index in [4.69, 9.17) is 14.6 Å². The minimum atomic E-state index is -0.250. The number of rotatable bonds is 7. The van der Waals surface area contributed by atoms with Crippen LogP contribution in [0.2, 0.25) is 0 Å². The molecule has 1 fully saturated rings. The molecule has 1 aromatic carbocycles. The van der Waals surface area contributed by atoms with E-state index in [1.165, 1.54) is 16.7 Å². The number of ether oxygens (including phenoxy) is 1. The van der Waals surface area contributed by atoms with Crippen LogP contribution in [0.3, 0.4) is 0 Å². The molecule has 3 aliphatic rings. The maximum Gasteiger partial charge on any atom is 0.290 e. The normalized spacial score (nSPS) is 19.5. The highest BCUT2D eigenvalue weighted by molar-refractivity contribution is 5.80. The summed E-state index contributed by atoms with van der Waals surface area (Å²) in [5, 5.41) is 6.89. The van der Waals surface area contributed by atoms with Crippen molar-refractivity contribution in [2.24, 2.45) is 5.41 Å². The van der Waals surface area contributed by atoms with E-state index in [0.717, 1.165) is 63.4 Å². The lowest BCUT2D eigenvalue weighted by Crippen LogP contribution is -2.42. The molecule has 3 heterocycles. The topological polar surface area (TPSA) is 73.3 Å². The van der Waals surface area contributed by atoms with Crippen LogP contribution >= 0.6 is 0 Å². The predicted molar refractivity (Wildman–Crippen MR) is 168 cm³/mol. The summed E-state index contributed by atoms with van der Waals surface area (Å²) in [5.74, 6) is 1.74. The first kappa shape index (κ1) is 34.1. The van der Waals surface area contributed by atoms with Crippen LogP contribution in [0.5, 0.6) is 5.75 Å². The Balaban J connectivity index is 0.000000457. The first-order valence-corrected chi connectivity index (χ1v) is 15.0. The zero-order valence-corrected chi connectivity index (χ0v) is 26.7. The van der Waals surface area contributed by atoms with Crippen LogP contribution in [0, 0.1) is 5.41 Å². The monoisotopic (exact) mass is 567 g/mol. The zero-order valence-electron chi connectivity index (χ0n) is 26.7. The molecule has 0 radical (unpaired) electrons. The molecule has 0 aliphatic carbocycles. The largest absolute Gasteiger partial charge is 0.493 e. The lowest BCUT2D eigenvalue weighted by atomic mass is 9.94. The molecule has 1 amide bonds. The van der Waals surface area contributed by atoms with Gasteiger partial charge in [0.15, 0.2) is 0 Å². The van der Waals surface area contributed by atoms with Crippen LogP contribution < -0.4 is 4.74 Å². The van der Waals surface area contributed by atoms with E-state index in [9.17, 15) is 4.79 Å². The van der Waals surface area contributed by atoms with Gasteiger partial charge in [-0.25, -0.2) is 0 Å². The second-order valence-corrected chi connectivity index (χ2v) is 12.7. The number of hydrogen-bond acceptors (Lipinski definition) is 5. The molecule has 1 saturated heterocycles. The Bertz CT molecular complexity index is 1080. The summed E-state index contributed by atoms with van der Waals surface area (Å²) >= 11 is 0. The first-order valence-electron chi connectivity index (χ1n) is 15.0. The number of fused-ring (bicyclic) bond motifs is 1. The number of nitrogens with zero attached hydrogens (tertiary/aromatic N) is 3. The van der Waals surface area contributed by atoms with Gasteiger partial charge in [0.05, 0.1) is 18.8 Å². The van der Waals surface area contributed by atoms with E-state index in [-0.39, 0.29) is 12.4 Å². The van der Waals surface area contributed by atoms with Crippen LogP contribution in [-0.4, -0.2) is 78.1 Å². The minimum Gasteiger partial charge on any atom is -0.493 e. The summed E-state index contributed by atoms with van der Waals surface area (Å²) < 4.78 is 5.66. The van der Waals surface area contributed by atoms with E-state index in [1.54, 1.807) is 0 Å². The standard InChI is InChI=1S/C25H35N3O2.C8H16.CH2O2/c1-4-5-12-28(23-7-6-11-26(3)17-23)25(29)18-27-16-22(14-19(27)2)20-8-9-24-21(15-20)10-13-30-24;1-7(2)6-8(3,4)5;2-1-3/h6-9,15,17,19,22H,4-5,10-14,16,18H2,1-3H3;6H,1-5H3;1H,(H,2,3)/t19-,22+;;/m0../s1. The molecule has 0 spiro atoms. The van der Waals surface area contributed by atoms with Crippen molar-refractivity contribution in [2.75, 3.05) is 39.8 Å². The van der Waals surface area contributed by atoms with Gasteiger partial charge >= 0.3 is 0 Å². The number of hydrogen-bond donors (Lipinski definition) is 1. The molecule has 0 saturated carbocycles. The van der Waals surface area contributed by atoms with E-state index >= 15 is 0 Å². The van der Waals surface area contributed by atoms with Crippen molar-refractivity contribution in [1.29, 1.82) is 0 Å². The Morgan fingerprint density at radius 1 is 1.24 bits per heavy atom. The number of amides is 1. The molecule has 7 heteroatoms. The number of likely N-dealkylation sites (tertiary alicyclic amines) is 1. The van der Waals surface area contributed by atoms with Crippen molar-refractivity contribution >= 4 is 12.4 Å². The summed E-state index contributed by atoms with van der Waals surface area (Å²) in [6.07, 6.45) is 12.8. The predicted octanol–water partition coefficient (Wildman–Crippen LogP) is 6.47. The molecule has 0 aromatic heterocycles. The minimum absolute atomic E-state index is 0.213. The van der Waals surface area contributed by atoms with Gasteiger partial charge in [-0.15, -0.1) is 0 Å². The smallest absolute Gasteiger partial charge is 0.290 e. The molecule has 1 aromatic rings. The van der Waals surface area contributed by atoms with Crippen molar-refractivity contribution in [3.05, 3.63) is 65.0 Å². The molecule has 2 atom stereocenters. The van der Waals surface area contributed by atoms with Crippen molar-refractivity contribution in [3.8, 4) is 5.75 Å². The van der Waals surface area contributed by atoms with Gasteiger partial charge in [-0.3, -0.25) is 14.5 Å². The summed E-state index contributed by atoms with van der Waals surface area (Å²) in [7, 11) is 2.06. The Morgan fingerprint density at radius 3 is 2.54 bits per heavy atom. The summed E-state index contributed by atoms with van der Waals surface area (Å²) in [4.78, 5) is 28.2. The number of benzene rings is 1. The van der Waals surface area contributed by atoms with E-state index in [0.29, 0.717) is 23.9 Å². The fourth-order valence-electron chi connectivity index (χ4n) is 5.68. The quantitative estimate of drug-likeness (QED) is 0.301. The number of carbonyl (C=O) groups is 2. The number of carboxylic acid groups (broad SMARTS) is 1. The second kappa shape index (κ2) is 16.4. The molecule has 228 valence electrons. The number of unbranched alkanes of at least 4 members (excludes halogenated alkanes) is 1. The van der Waals surface area contributed by atoms with Crippen LogP contribution in [0.25, 0.3) is 0 Å². The van der Waals surface area contributed by atoms with Crippen LogP contribution in [0.1, 0.15) is 84.8 Å². The number of likely N-dealkylation sites (N-methyl/N-ethyl adjacent to an activating group) is 1. The average Bonchev–Trinajstić information content (AvgIpc) is 3.49. The summed E-state index contributed by atoms with van der Waals surface area (Å²) in [5.41, 5.74) is 5.50. The number of allylic oxidation sites excluding steroid dienone is 3. The van der Waals surface area contributed by atoms with Gasteiger partial charge in [-0.1, -0.05) is 64.0 Å². The van der Waals surface area contributed by atoms with Crippen LogP contribution in [0.15, 0.2) is 53.9 Å². The Kier molecular flexibility index (Phi) is 13.7. The maximum atomic E-state index is 13.3. The van der Waals surface area contributed by atoms with Gasteiger partial charge in [-0.05, 0) is 68.2 Å². The van der Waals surface area contributed by atoms with Gasteiger partial charge < -0.3 is 19.6 Å². The van der Waals surface area contributed by atoms with Crippen LogP contribution in [-0.2, 0) is 16.0 Å². The van der Waals surface area contributed by atoms with Gasteiger partial charge in [0.2, 0.25) is 5.91 Å². The third-order valence-electron chi connectivity index (χ3n) is 7.33. The Labute approximate surface area is 248 Å². The molecule has 0 bridgehead atoms. The molecule has 4 rings (SSSR count). The fourth-order valence-corrected chi connectivity index (χ4v) is 5.68. The SMILES string of the molecule is CC(C)=CC(C)(C)C.CCCCN(C(=O)CN1C[C@H](c2ccc3c(c2)CCO3)C[C@@H]1C)C1=CN(C)CC=C1.O=CO. The molecule has 41 heavy (non-hydrogen) atoms. The van der Waals surface area contributed by atoms with Gasteiger partial charge in [0.1, 0.15) is 5.75 Å². The molecule has 7 nitrogen and oxygen atoms in total. The van der Waals surface area contributed by atoms with Gasteiger partial charge in [0, 0.05) is 45.3 Å². The second-order valence-electron chi connectivity index (χ2n) is 12.7. The Morgan fingerprint density at radius 2 is 1.95 bits per heavy atom. The molecule has 3 aliphatic heterocycles. The summed E-state index contributed by atoms with van der Waals surface area (Å²) in [6, 6.07) is 7.08. The highest BCUT2D eigenvalue weighted by Crippen LogP contribution is 2.35. The van der Waals surface area contributed by atoms with Crippen molar-refractivity contribution < 1.29 is 19.4 Å². The van der Waals surface area contributed by atoms with Crippen molar-refractivity contribution in [3.63, 3.8) is 0 Å². The number of carbonyl (C=O) groups excluding carboxylic acids is 1. The maximum absolute atomic E-state index is 13.3. The van der Waals surface area contributed by atoms with E-state index in [1.807, 2.05) is 4.90 Å². The van der Waals surface area contributed by atoms with E-state index in [2.05, 4.69) is 108 Å². The van der Waals surface area contributed by atoms with Crippen LogP contribution in [0.4, 0.5) is 0 Å². The fraction of sp³-hybridized carbons (Fsp3) is 0.588. The van der Waals surface area contributed by atoms with Crippen molar-refractivity contribution in [2.45, 2.75) is 86.1 Å². The first-order chi connectivity index (χ1) is 19.4. The summed E-state index contributed by atoms with van der Waals surface area (Å²) in [6.45, 7) is 19.0. The van der Waals surface area contributed by atoms with E-state index < -0.39 is 0 Å². The zero-order chi connectivity index (χ0) is 30.6. The average molecular weight is 568 g/mol. The molecule has 1 N–H and O–H groups in total. The van der Waals surface area contributed by atoms with Gasteiger partial charge in [0.25, 0.3) is 6.47 Å².